The largest absolute Gasteiger partial charge is 0.371 e. The summed E-state index contributed by atoms with van der Waals surface area (Å²) in [5.74, 6) is 1.81. The lowest BCUT2D eigenvalue weighted by Gasteiger charge is -2.14. The Morgan fingerprint density at radius 1 is 1.58 bits per heavy atom. The van der Waals surface area contributed by atoms with Crippen molar-refractivity contribution in [3.8, 4) is 0 Å². The molecule has 0 aromatic carbocycles. The van der Waals surface area contributed by atoms with Crippen molar-refractivity contribution in [2.75, 3.05) is 18.5 Å². The lowest BCUT2D eigenvalue weighted by Crippen LogP contribution is -2.34. The fraction of sp³-hybridized carbons (Fsp3) is 0.692. The number of urea groups is 1. The number of rotatable bonds is 5. The first kappa shape index (κ1) is 13.9. The van der Waals surface area contributed by atoms with E-state index < -0.39 is 6.23 Å². The Bertz CT molecular complexity index is 444. The van der Waals surface area contributed by atoms with Crippen LogP contribution in [0, 0.1) is 5.92 Å². The van der Waals surface area contributed by atoms with Crippen molar-refractivity contribution in [1.29, 1.82) is 0 Å². The number of hydrogen-bond acceptors (Lipinski definition) is 4. The SMILES string of the molecule is CC(C)CCCc1cc(N2C(=O)N(C)CC2O)no1. The Labute approximate surface area is 113 Å². The van der Waals surface area contributed by atoms with Crippen LogP contribution in [0.15, 0.2) is 10.6 Å². The minimum Gasteiger partial charge on any atom is -0.371 e. The zero-order valence-corrected chi connectivity index (χ0v) is 11.7. The average Bonchev–Trinajstić information content (AvgIpc) is 2.85. The molecule has 1 N–H and O–H groups in total. The number of β-amino-alcohol motifs (C(OH)–C–C–N with tert-alkyl or cyclic N) is 1. The Balaban J connectivity index is 1.99. The highest BCUT2D eigenvalue weighted by atomic mass is 16.5. The smallest absolute Gasteiger partial charge is 0.327 e. The third kappa shape index (κ3) is 3.07. The summed E-state index contributed by atoms with van der Waals surface area (Å²) in [7, 11) is 1.65. The molecule has 1 fully saturated rings. The van der Waals surface area contributed by atoms with Crippen LogP contribution in [0.1, 0.15) is 32.4 Å². The monoisotopic (exact) mass is 267 g/mol. The second-order valence-corrected chi connectivity index (χ2v) is 5.45. The molecule has 6 heteroatoms. The van der Waals surface area contributed by atoms with Gasteiger partial charge in [-0.1, -0.05) is 25.4 Å². The van der Waals surface area contributed by atoms with Gasteiger partial charge in [-0.15, -0.1) is 0 Å². The van der Waals surface area contributed by atoms with Gasteiger partial charge in [0.1, 0.15) is 5.76 Å². The van der Waals surface area contributed by atoms with Gasteiger partial charge in [0, 0.05) is 19.5 Å². The van der Waals surface area contributed by atoms with Gasteiger partial charge >= 0.3 is 6.03 Å². The van der Waals surface area contributed by atoms with Crippen molar-refractivity contribution in [2.24, 2.45) is 5.92 Å². The lowest BCUT2D eigenvalue weighted by atomic mass is 10.1. The van der Waals surface area contributed by atoms with Gasteiger partial charge in [-0.05, 0) is 12.3 Å². The van der Waals surface area contributed by atoms with Crippen LogP contribution >= 0.6 is 0 Å². The molecule has 1 saturated heterocycles. The molecule has 2 heterocycles. The molecule has 1 aromatic rings. The predicted molar refractivity (Wildman–Crippen MR) is 70.8 cm³/mol. The van der Waals surface area contributed by atoms with Crippen LogP contribution in [0.3, 0.4) is 0 Å². The number of aliphatic hydroxyl groups excluding tert-OH is 1. The molecule has 106 valence electrons. The predicted octanol–water partition coefficient (Wildman–Crippen LogP) is 1.84. The van der Waals surface area contributed by atoms with Crippen molar-refractivity contribution in [1.82, 2.24) is 10.1 Å². The maximum Gasteiger partial charge on any atom is 0.327 e. The second-order valence-electron chi connectivity index (χ2n) is 5.45. The first-order valence-corrected chi connectivity index (χ1v) is 6.67. The van der Waals surface area contributed by atoms with E-state index in [4.69, 9.17) is 4.52 Å². The third-order valence-corrected chi connectivity index (χ3v) is 3.27. The highest BCUT2D eigenvalue weighted by Gasteiger charge is 2.36. The van der Waals surface area contributed by atoms with E-state index in [2.05, 4.69) is 19.0 Å². The molecule has 0 spiro atoms. The summed E-state index contributed by atoms with van der Waals surface area (Å²) in [6, 6.07) is 1.48. The first-order chi connectivity index (χ1) is 8.99. The molecule has 0 bridgehead atoms. The van der Waals surface area contributed by atoms with Crippen molar-refractivity contribution in [3.63, 3.8) is 0 Å². The number of likely N-dealkylation sites (N-methyl/N-ethyl adjacent to an activating group) is 1. The zero-order chi connectivity index (χ0) is 14.0. The van der Waals surface area contributed by atoms with Crippen LogP contribution in [0.4, 0.5) is 10.6 Å². The summed E-state index contributed by atoms with van der Waals surface area (Å²) in [5, 5.41) is 13.7. The molecule has 6 nitrogen and oxygen atoms in total. The standard InChI is InChI=1S/C13H21N3O3/c1-9(2)5-4-6-10-7-11(14-19-10)16-12(17)8-15(3)13(16)18/h7,9,12,17H,4-6,8H2,1-3H3. The van der Waals surface area contributed by atoms with Crippen LogP contribution < -0.4 is 4.90 Å². The lowest BCUT2D eigenvalue weighted by molar-refractivity contribution is 0.182. The normalized spacial score (nSPS) is 19.8. The van der Waals surface area contributed by atoms with Gasteiger partial charge in [0.2, 0.25) is 0 Å². The molecule has 2 amide bonds. The van der Waals surface area contributed by atoms with E-state index in [1.807, 2.05) is 0 Å². The third-order valence-electron chi connectivity index (χ3n) is 3.27. The highest BCUT2D eigenvalue weighted by Crippen LogP contribution is 2.23. The molecule has 1 atom stereocenters. The minimum absolute atomic E-state index is 0.255. The minimum atomic E-state index is -0.855. The van der Waals surface area contributed by atoms with Crippen molar-refractivity contribution in [3.05, 3.63) is 11.8 Å². The van der Waals surface area contributed by atoms with E-state index in [1.54, 1.807) is 13.1 Å². The van der Waals surface area contributed by atoms with Gasteiger partial charge in [0.25, 0.3) is 0 Å². The fourth-order valence-electron chi connectivity index (χ4n) is 2.18. The number of aliphatic hydroxyl groups is 1. The van der Waals surface area contributed by atoms with Crippen LogP contribution in [-0.4, -0.2) is 41.0 Å². The molecule has 0 saturated carbocycles. The number of amides is 2. The molecule has 19 heavy (non-hydrogen) atoms. The quantitative estimate of drug-likeness (QED) is 0.883. The van der Waals surface area contributed by atoms with Gasteiger partial charge < -0.3 is 14.5 Å². The van der Waals surface area contributed by atoms with Gasteiger partial charge in [-0.3, -0.25) is 0 Å². The van der Waals surface area contributed by atoms with Crippen molar-refractivity contribution in [2.45, 2.75) is 39.3 Å². The van der Waals surface area contributed by atoms with E-state index in [0.717, 1.165) is 25.0 Å². The molecule has 2 rings (SSSR count). The Hall–Kier alpha value is -1.56. The zero-order valence-electron chi connectivity index (χ0n) is 11.7. The summed E-state index contributed by atoms with van der Waals surface area (Å²) in [4.78, 5) is 14.6. The second kappa shape index (κ2) is 5.61. The molecule has 1 aromatic heterocycles. The van der Waals surface area contributed by atoms with Crippen LogP contribution in [0.25, 0.3) is 0 Å². The topological polar surface area (TPSA) is 69.8 Å². The molecular weight excluding hydrogens is 246 g/mol. The van der Waals surface area contributed by atoms with Gasteiger partial charge in [0.05, 0.1) is 6.54 Å². The summed E-state index contributed by atoms with van der Waals surface area (Å²) >= 11 is 0. The Kier molecular flexibility index (Phi) is 4.09. The first-order valence-electron chi connectivity index (χ1n) is 6.67. The Morgan fingerprint density at radius 3 is 2.89 bits per heavy atom. The number of hydrogen-bond donors (Lipinski definition) is 1. The summed E-state index contributed by atoms with van der Waals surface area (Å²) in [5.41, 5.74) is 0. The van der Waals surface area contributed by atoms with E-state index in [1.165, 1.54) is 9.80 Å². The van der Waals surface area contributed by atoms with Gasteiger partial charge in [0.15, 0.2) is 12.0 Å². The molecule has 1 aliphatic rings. The van der Waals surface area contributed by atoms with E-state index in [-0.39, 0.29) is 12.6 Å². The molecule has 1 aliphatic heterocycles. The number of aromatic nitrogens is 1. The summed E-state index contributed by atoms with van der Waals surface area (Å²) in [6.45, 7) is 4.65. The van der Waals surface area contributed by atoms with Gasteiger partial charge in [-0.2, -0.15) is 0 Å². The van der Waals surface area contributed by atoms with Crippen molar-refractivity contribution < 1.29 is 14.4 Å². The van der Waals surface area contributed by atoms with Gasteiger partial charge in [-0.25, -0.2) is 9.69 Å². The molecule has 0 aliphatic carbocycles. The summed E-state index contributed by atoms with van der Waals surface area (Å²) in [6.07, 6.45) is 2.11. The van der Waals surface area contributed by atoms with Crippen LogP contribution in [-0.2, 0) is 6.42 Å². The maximum atomic E-state index is 11.8. The Morgan fingerprint density at radius 2 is 2.32 bits per heavy atom. The number of aryl methyl sites for hydroxylation is 1. The highest BCUT2D eigenvalue weighted by molar-refractivity contribution is 5.93. The number of nitrogens with zero attached hydrogens (tertiary/aromatic N) is 3. The number of anilines is 1. The van der Waals surface area contributed by atoms with E-state index >= 15 is 0 Å². The fourth-order valence-corrected chi connectivity index (χ4v) is 2.18. The van der Waals surface area contributed by atoms with Crippen LogP contribution in [0.5, 0.6) is 0 Å². The van der Waals surface area contributed by atoms with E-state index in [9.17, 15) is 9.90 Å². The average molecular weight is 267 g/mol. The van der Waals surface area contributed by atoms with Crippen molar-refractivity contribution >= 4 is 11.8 Å². The maximum absolute atomic E-state index is 11.8. The van der Waals surface area contributed by atoms with E-state index in [0.29, 0.717) is 11.7 Å². The number of carbonyl (C=O) groups is 1. The summed E-state index contributed by atoms with van der Waals surface area (Å²) < 4.78 is 5.22. The molecular formula is C13H21N3O3. The van der Waals surface area contributed by atoms with Crippen LogP contribution in [0.2, 0.25) is 0 Å². The molecule has 0 radical (unpaired) electrons. The molecule has 1 unspecified atom stereocenters. The number of carbonyl (C=O) groups excluding carboxylic acids is 1.